The molecule has 226 valence electrons. The van der Waals surface area contributed by atoms with E-state index in [2.05, 4.69) is 5.32 Å². The van der Waals surface area contributed by atoms with Gasteiger partial charge in [-0.3, -0.25) is 13.9 Å². The highest BCUT2D eigenvalue weighted by molar-refractivity contribution is 7.92. The molecule has 2 amide bonds. The summed E-state index contributed by atoms with van der Waals surface area (Å²) in [7, 11) is -4.18. The summed E-state index contributed by atoms with van der Waals surface area (Å²) in [4.78, 5) is 28.8. The number of rotatable bonds is 13. The summed E-state index contributed by atoms with van der Waals surface area (Å²) in [6.07, 6.45) is 0.305. The average molecular weight is 635 g/mol. The number of carbonyl (C=O) groups excluding carboxylic acids is 2. The van der Waals surface area contributed by atoms with Gasteiger partial charge in [-0.1, -0.05) is 53.9 Å². The molecule has 0 saturated heterocycles. The smallest absolute Gasteiger partial charge is 0.264 e. The van der Waals surface area contributed by atoms with E-state index in [4.69, 9.17) is 27.9 Å². The highest BCUT2D eigenvalue weighted by atomic mass is 35.5. The van der Waals surface area contributed by atoms with Gasteiger partial charge in [-0.05, 0) is 88.2 Å². The van der Waals surface area contributed by atoms with Crippen LogP contribution in [-0.4, -0.2) is 50.4 Å². The minimum absolute atomic E-state index is 0.0153. The van der Waals surface area contributed by atoms with Gasteiger partial charge in [0, 0.05) is 12.6 Å². The average Bonchev–Trinajstić information content (AvgIpc) is 2.94. The third-order valence-electron chi connectivity index (χ3n) is 6.48. The number of hydrogen-bond donors (Lipinski definition) is 1. The Kier molecular flexibility index (Phi) is 11.7. The molecule has 0 unspecified atom stereocenters. The number of halogens is 2. The van der Waals surface area contributed by atoms with Crippen LogP contribution >= 0.6 is 23.2 Å². The fourth-order valence-electron chi connectivity index (χ4n) is 4.38. The zero-order valence-corrected chi connectivity index (χ0v) is 26.8. The molecule has 0 heterocycles. The van der Waals surface area contributed by atoms with Crippen LogP contribution in [0.25, 0.3) is 0 Å². The molecule has 8 nitrogen and oxygen atoms in total. The summed E-state index contributed by atoms with van der Waals surface area (Å²) in [5, 5.41) is 3.53. The first-order valence-corrected chi connectivity index (χ1v) is 15.9. The van der Waals surface area contributed by atoms with E-state index in [0.717, 1.165) is 9.87 Å². The number of aryl methyl sites for hydroxylation is 1. The minimum atomic E-state index is -4.18. The summed E-state index contributed by atoms with van der Waals surface area (Å²) in [5.74, 6) is -0.329. The van der Waals surface area contributed by atoms with Crippen molar-refractivity contribution in [2.45, 2.75) is 64.6 Å². The van der Waals surface area contributed by atoms with E-state index >= 15 is 0 Å². The first kappa shape index (κ1) is 33.2. The van der Waals surface area contributed by atoms with E-state index < -0.39 is 28.5 Å². The van der Waals surface area contributed by atoms with Crippen LogP contribution in [0, 0.1) is 6.92 Å². The molecule has 3 rings (SSSR count). The van der Waals surface area contributed by atoms with Gasteiger partial charge in [0.25, 0.3) is 10.0 Å². The number of sulfonamides is 1. The Balaban J connectivity index is 2.08. The molecular formula is C31H37Cl2N3O5S. The second kappa shape index (κ2) is 14.8. The minimum Gasteiger partial charge on any atom is -0.494 e. The van der Waals surface area contributed by atoms with Crippen LogP contribution in [0.5, 0.6) is 5.75 Å². The molecule has 0 aliphatic carbocycles. The number of nitrogens with zero attached hydrogens (tertiary/aromatic N) is 2. The van der Waals surface area contributed by atoms with Crippen LogP contribution < -0.4 is 14.4 Å². The van der Waals surface area contributed by atoms with Crippen molar-refractivity contribution in [2.24, 2.45) is 0 Å². The van der Waals surface area contributed by atoms with E-state index in [0.29, 0.717) is 34.4 Å². The van der Waals surface area contributed by atoms with Crippen LogP contribution in [0.3, 0.4) is 0 Å². The first-order valence-electron chi connectivity index (χ1n) is 13.7. The van der Waals surface area contributed by atoms with E-state index in [-0.39, 0.29) is 29.1 Å². The van der Waals surface area contributed by atoms with Gasteiger partial charge in [0.15, 0.2) is 0 Å². The molecule has 0 aromatic heterocycles. The molecule has 0 saturated carbocycles. The predicted octanol–water partition coefficient (Wildman–Crippen LogP) is 6.23. The number of benzene rings is 3. The maximum Gasteiger partial charge on any atom is 0.264 e. The number of ether oxygens (including phenoxy) is 1. The highest BCUT2D eigenvalue weighted by Gasteiger charge is 2.34. The van der Waals surface area contributed by atoms with Gasteiger partial charge in [-0.25, -0.2) is 8.42 Å². The van der Waals surface area contributed by atoms with Crippen LogP contribution in [-0.2, 0) is 26.2 Å². The lowest BCUT2D eigenvalue weighted by Gasteiger charge is -2.33. The highest BCUT2D eigenvalue weighted by Crippen LogP contribution is 2.28. The SMILES string of the molecule is CCOc1ccc(N(CC(=O)N(Cc2ccc(Cl)c(Cl)c2)[C@H](CC)C(=O)NC(C)C)S(=O)(=O)c2ccc(C)cc2)cc1. The Morgan fingerprint density at radius 2 is 1.57 bits per heavy atom. The van der Waals surface area contributed by atoms with Gasteiger partial charge in [0.05, 0.1) is 27.2 Å². The van der Waals surface area contributed by atoms with Crippen molar-refractivity contribution in [1.82, 2.24) is 10.2 Å². The van der Waals surface area contributed by atoms with Gasteiger partial charge < -0.3 is 15.0 Å². The summed E-state index contributed by atoms with van der Waals surface area (Å²) in [6.45, 7) is 9.09. The molecular weight excluding hydrogens is 597 g/mol. The Morgan fingerprint density at radius 1 is 0.929 bits per heavy atom. The van der Waals surface area contributed by atoms with Crippen molar-refractivity contribution >= 4 is 50.7 Å². The second-order valence-electron chi connectivity index (χ2n) is 10.1. The van der Waals surface area contributed by atoms with E-state index in [9.17, 15) is 18.0 Å². The van der Waals surface area contributed by atoms with Crippen LogP contribution in [0.1, 0.15) is 45.2 Å². The fraction of sp³-hybridized carbons (Fsp3) is 0.355. The summed E-state index contributed by atoms with van der Waals surface area (Å²) in [5.41, 5.74) is 1.82. The zero-order chi connectivity index (χ0) is 31.0. The van der Waals surface area contributed by atoms with Gasteiger partial charge in [0.1, 0.15) is 18.3 Å². The quantitative estimate of drug-likeness (QED) is 0.241. The first-order chi connectivity index (χ1) is 19.9. The molecule has 1 N–H and O–H groups in total. The maximum atomic E-state index is 14.1. The molecule has 1 atom stereocenters. The number of hydrogen-bond acceptors (Lipinski definition) is 5. The fourth-order valence-corrected chi connectivity index (χ4v) is 6.11. The number of amides is 2. The molecule has 0 fully saturated rings. The maximum absolute atomic E-state index is 14.1. The van der Waals surface area contributed by atoms with Gasteiger partial charge in [-0.15, -0.1) is 0 Å². The lowest BCUT2D eigenvalue weighted by molar-refractivity contribution is -0.140. The summed E-state index contributed by atoms with van der Waals surface area (Å²) >= 11 is 12.4. The van der Waals surface area contributed by atoms with E-state index in [1.807, 2.05) is 27.7 Å². The largest absolute Gasteiger partial charge is 0.494 e. The summed E-state index contributed by atoms with van der Waals surface area (Å²) < 4.78 is 34.6. The Bertz CT molecular complexity index is 1480. The predicted molar refractivity (Wildman–Crippen MR) is 168 cm³/mol. The topological polar surface area (TPSA) is 96.0 Å². The van der Waals surface area contributed by atoms with Gasteiger partial charge in [-0.2, -0.15) is 0 Å². The zero-order valence-electron chi connectivity index (χ0n) is 24.4. The Labute approximate surface area is 258 Å². The molecule has 3 aromatic carbocycles. The molecule has 0 radical (unpaired) electrons. The lowest BCUT2D eigenvalue weighted by atomic mass is 10.1. The lowest BCUT2D eigenvalue weighted by Crippen LogP contribution is -2.53. The van der Waals surface area contributed by atoms with Crippen molar-refractivity contribution in [2.75, 3.05) is 17.5 Å². The Morgan fingerprint density at radius 3 is 2.12 bits per heavy atom. The summed E-state index contributed by atoms with van der Waals surface area (Å²) in [6, 6.07) is 16.9. The van der Waals surface area contributed by atoms with Crippen molar-refractivity contribution in [3.63, 3.8) is 0 Å². The molecule has 42 heavy (non-hydrogen) atoms. The number of carbonyl (C=O) groups is 2. The van der Waals surface area contributed by atoms with Crippen LogP contribution in [0.15, 0.2) is 71.6 Å². The van der Waals surface area contributed by atoms with Gasteiger partial charge in [0.2, 0.25) is 11.8 Å². The molecule has 0 bridgehead atoms. The second-order valence-corrected chi connectivity index (χ2v) is 12.8. The van der Waals surface area contributed by atoms with Crippen molar-refractivity contribution in [3.05, 3.63) is 87.9 Å². The van der Waals surface area contributed by atoms with Crippen molar-refractivity contribution in [3.8, 4) is 5.75 Å². The van der Waals surface area contributed by atoms with Crippen LogP contribution in [0.2, 0.25) is 10.0 Å². The van der Waals surface area contributed by atoms with Crippen molar-refractivity contribution < 1.29 is 22.7 Å². The monoisotopic (exact) mass is 633 g/mol. The molecule has 0 aliphatic heterocycles. The standard InChI is InChI=1S/C31H37Cl2N3O5S/c1-6-29(31(38)34-21(3)4)35(19-23-10-17-27(32)28(33)18-23)30(37)20-36(24-11-13-25(14-12-24)41-7-2)42(39,40)26-15-8-22(5)9-16-26/h8-18,21,29H,6-7,19-20H2,1-5H3,(H,34,38)/t29-/m1/s1. The van der Waals surface area contributed by atoms with Gasteiger partial charge >= 0.3 is 0 Å². The molecule has 0 aliphatic rings. The Hall–Kier alpha value is -3.27. The van der Waals surface area contributed by atoms with Crippen molar-refractivity contribution in [1.29, 1.82) is 0 Å². The normalized spacial score (nSPS) is 12.1. The molecule has 0 spiro atoms. The molecule has 11 heteroatoms. The number of anilines is 1. The van der Waals surface area contributed by atoms with E-state index in [1.165, 1.54) is 17.0 Å². The van der Waals surface area contributed by atoms with Crippen LogP contribution in [0.4, 0.5) is 5.69 Å². The van der Waals surface area contributed by atoms with E-state index in [1.54, 1.807) is 61.5 Å². The third kappa shape index (κ3) is 8.40. The molecule has 3 aromatic rings. The number of nitrogens with one attached hydrogen (secondary N) is 1. The third-order valence-corrected chi connectivity index (χ3v) is 9.00.